The van der Waals surface area contributed by atoms with Gasteiger partial charge in [-0.3, -0.25) is 4.98 Å². The Labute approximate surface area is 112 Å². The lowest BCUT2D eigenvalue weighted by Crippen LogP contribution is -2.03. The minimum Gasteiger partial charge on any atom is -0.440 e. The standard InChI is InChI=1S/C12H9FN6O/c1-6-4-16-11(20-6)10-9(17-12(14)19-18-10)7-2-3-15-5-8(7)13/h2-5H,1H3,(H2,14,17,19). The Morgan fingerprint density at radius 3 is 2.75 bits per heavy atom. The van der Waals surface area contributed by atoms with Gasteiger partial charge in [0.25, 0.3) is 0 Å². The van der Waals surface area contributed by atoms with E-state index in [1.54, 1.807) is 6.92 Å². The van der Waals surface area contributed by atoms with Crippen LogP contribution in [0.2, 0.25) is 0 Å². The Kier molecular flexibility index (Phi) is 2.82. The third kappa shape index (κ3) is 2.07. The summed E-state index contributed by atoms with van der Waals surface area (Å²) in [5, 5.41) is 7.56. The second-order valence-electron chi connectivity index (χ2n) is 4.00. The molecular formula is C12H9FN6O. The van der Waals surface area contributed by atoms with Gasteiger partial charge in [0.1, 0.15) is 11.5 Å². The van der Waals surface area contributed by atoms with Crippen molar-refractivity contribution in [3.63, 3.8) is 0 Å². The molecule has 0 atom stereocenters. The second kappa shape index (κ2) is 4.65. The Morgan fingerprint density at radius 1 is 1.20 bits per heavy atom. The van der Waals surface area contributed by atoms with Gasteiger partial charge in [-0.2, -0.15) is 0 Å². The molecule has 0 bridgehead atoms. The average Bonchev–Trinajstić information content (AvgIpc) is 2.86. The summed E-state index contributed by atoms with van der Waals surface area (Å²) in [4.78, 5) is 11.8. The van der Waals surface area contributed by atoms with Gasteiger partial charge in [-0.15, -0.1) is 10.2 Å². The molecule has 20 heavy (non-hydrogen) atoms. The molecule has 0 aromatic carbocycles. The van der Waals surface area contributed by atoms with Crippen LogP contribution in [0.1, 0.15) is 5.76 Å². The average molecular weight is 272 g/mol. The number of hydrogen-bond acceptors (Lipinski definition) is 7. The molecule has 0 aliphatic carbocycles. The first kappa shape index (κ1) is 12.2. The van der Waals surface area contributed by atoms with E-state index in [0.29, 0.717) is 5.76 Å². The smallest absolute Gasteiger partial charge is 0.249 e. The SMILES string of the molecule is Cc1cnc(-c2nnc(N)nc2-c2ccncc2F)o1. The summed E-state index contributed by atoms with van der Waals surface area (Å²) >= 11 is 0. The molecule has 0 saturated carbocycles. The van der Waals surface area contributed by atoms with Crippen LogP contribution >= 0.6 is 0 Å². The number of pyridine rings is 1. The molecule has 100 valence electrons. The molecule has 0 amide bonds. The number of nitrogens with two attached hydrogens (primary N) is 1. The van der Waals surface area contributed by atoms with E-state index in [1.807, 2.05) is 0 Å². The molecule has 7 nitrogen and oxygen atoms in total. The molecule has 3 aromatic rings. The molecule has 0 aliphatic heterocycles. The normalized spacial score (nSPS) is 10.7. The van der Waals surface area contributed by atoms with Crippen LogP contribution in [0.15, 0.2) is 29.1 Å². The quantitative estimate of drug-likeness (QED) is 0.755. The summed E-state index contributed by atoms with van der Waals surface area (Å²) in [6.07, 6.45) is 4.06. The number of halogens is 1. The van der Waals surface area contributed by atoms with E-state index < -0.39 is 5.82 Å². The van der Waals surface area contributed by atoms with Gasteiger partial charge < -0.3 is 10.2 Å². The van der Waals surface area contributed by atoms with Gasteiger partial charge in [0, 0.05) is 11.8 Å². The van der Waals surface area contributed by atoms with Crippen molar-refractivity contribution in [2.45, 2.75) is 6.92 Å². The molecule has 0 aliphatic rings. The topological polar surface area (TPSA) is 104 Å². The molecule has 0 unspecified atom stereocenters. The summed E-state index contributed by atoms with van der Waals surface area (Å²) in [5.74, 6) is 0.189. The Hall–Kier alpha value is -2.90. The number of aryl methyl sites for hydroxylation is 1. The van der Waals surface area contributed by atoms with Crippen LogP contribution < -0.4 is 5.73 Å². The number of nitrogen functional groups attached to an aromatic ring is 1. The third-order valence-electron chi connectivity index (χ3n) is 2.55. The van der Waals surface area contributed by atoms with Crippen molar-refractivity contribution in [1.82, 2.24) is 25.1 Å². The Balaban J connectivity index is 2.24. The van der Waals surface area contributed by atoms with Gasteiger partial charge in [-0.05, 0) is 13.0 Å². The number of rotatable bonds is 2. The molecule has 2 N–H and O–H groups in total. The van der Waals surface area contributed by atoms with Crippen LogP contribution in [0, 0.1) is 12.7 Å². The fourth-order valence-corrected chi connectivity index (χ4v) is 1.70. The lowest BCUT2D eigenvalue weighted by atomic mass is 10.1. The van der Waals surface area contributed by atoms with Crippen molar-refractivity contribution in [3.8, 4) is 22.8 Å². The van der Waals surface area contributed by atoms with E-state index in [1.165, 1.54) is 18.5 Å². The van der Waals surface area contributed by atoms with E-state index in [0.717, 1.165) is 6.20 Å². The Bertz CT molecular complexity index is 772. The van der Waals surface area contributed by atoms with Crippen molar-refractivity contribution in [3.05, 3.63) is 36.2 Å². The molecule has 0 fully saturated rings. The van der Waals surface area contributed by atoms with Crippen LogP contribution in [0.25, 0.3) is 22.8 Å². The van der Waals surface area contributed by atoms with E-state index in [2.05, 4.69) is 25.1 Å². The maximum atomic E-state index is 13.9. The minimum absolute atomic E-state index is 0.0664. The van der Waals surface area contributed by atoms with Crippen LogP contribution in [0.4, 0.5) is 10.3 Å². The van der Waals surface area contributed by atoms with Gasteiger partial charge in [0.2, 0.25) is 11.8 Å². The first-order chi connectivity index (χ1) is 9.65. The minimum atomic E-state index is -0.545. The first-order valence-electron chi connectivity index (χ1n) is 5.68. The monoisotopic (exact) mass is 272 g/mol. The molecule has 3 rings (SSSR count). The lowest BCUT2D eigenvalue weighted by molar-refractivity contribution is 0.539. The van der Waals surface area contributed by atoms with Crippen molar-refractivity contribution >= 4 is 5.95 Å². The lowest BCUT2D eigenvalue weighted by Gasteiger charge is -2.05. The molecule has 0 spiro atoms. The van der Waals surface area contributed by atoms with E-state index in [-0.39, 0.29) is 28.8 Å². The highest BCUT2D eigenvalue weighted by molar-refractivity contribution is 5.74. The second-order valence-corrected chi connectivity index (χ2v) is 4.00. The number of aromatic nitrogens is 5. The molecular weight excluding hydrogens is 263 g/mol. The predicted molar refractivity (Wildman–Crippen MR) is 67.7 cm³/mol. The van der Waals surface area contributed by atoms with E-state index in [4.69, 9.17) is 10.2 Å². The Morgan fingerprint density at radius 2 is 2.05 bits per heavy atom. The maximum Gasteiger partial charge on any atom is 0.249 e. The first-order valence-corrected chi connectivity index (χ1v) is 5.68. The van der Waals surface area contributed by atoms with Crippen LogP contribution in [-0.4, -0.2) is 25.1 Å². The summed E-state index contributed by atoms with van der Waals surface area (Å²) in [6, 6.07) is 1.47. The van der Waals surface area contributed by atoms with Gasteiger partial charge in [0.15, 0.2) is 11.5 Å². The van der Waals surface area contributed by atoms with E-state index in [9.17, 15) is 4.39 Å². The number of anilines is 1. The number of oxazole rings is 1. The highest BCUT2D eigenvalue weighted by Crippen LogP contribution is 2.29. The van der Waals surface area contributed by atoms with Gasteiger partial charge in [0.05, 0.1) is 12.4 Å². The molecule has 8 heteroatoms. The summed E-state index contributed by atoms with van der Waals surface area (Å²) in [6.45, 7) is 1.74. The zero-order valence-corrected chi connectivity index (χ0v) is 10.4. The molecule has 0 radical (unpaired) electrons. The van der Waals surface area contributed by atoms with Crippen LogP contribution in [0.3, 0.4) is 0 Å². The highest BCUT2D eigenvalue weighted by Gasteiger charge is 2.19. The predicted octanol–water partition coefficient (Wildman–Crippen LogP) is 1.62. The summed E-state index contributed by atoms with van der Waals surface area (Å²) in [7, 11) is 0. The fourth-order valence-electron chi connectivity index (χ4n) is 1.70. The van der Waals surface area contributed by atoms with Crippen LogP contribution in [-0.2, 0) is 0 Å². The van der Waals surface area contributed by atoms with Crippen LogP contribution in [0.5, 0.6) is 0 Å². The fraction of sp³-hybridized carbons (Fsp3) is 0.0833. The summed E-state index contributed by atoms with van der Waals surface area (Å²) in [5.41, 5.74) is 6.15. The van der Waals surface area contributed by atoms with Gasteiger partial charge >= 0.3 is 0 Å². The van der Waals surface area contributed by atoms with Gasteiger partial charge in [-0.25, -0.2) is 14.4 Å². The summed E-state index contributed by atoms with van der Waals surface area (Å²) < 4.78 is 19.2. The molecule has 3 heterocycles. The van der Waals surface area contributed by atoms with Crippen molar-refractivity contribution in [2.24, 2.45) is 0 Å². The third-order valence-corrected chi connectivity index (χ3v) is 2.55. The van der Waals surface area contributed by atoms with Crippen molar-refractivity contribution in [1.29, 1.82) is 0 Å². The molecule has 3 aromatic heterocycles. The number of nitrogens with zero attached hydrogens (tertiary/aromatic N) is 5. The van der Waals surface area contributed by atoms with Crippen molar-refractivity contribution < 1.29 is 8.81 Å². The zero-order valence-electron chi connectivity index (χ0n) is 10.4. The largest absolute Gasteiger partial charge is 0.440 e. The highest BCUT2D eigenvalue weighted by atomic mass is 19.1. The van der Waals surface area contributed by atoms with Crippen molar-refractivity contribution in [2.75, 3.05) is 5.73 Å². The molecule has 0 saturated heterocycles. The zero-order chi connectivity index (χ0) is 14.1. The van der Waals surface area contributed by atoms with Gasteiger partial charge in [-0.1, -0.05) is 0 Å². The van der Waals surface area contributed by atoms with E-state index >= 15 is 0 Å². The maximum absolute atomic E-state index is 13.9. The number of hydrogen-bond donors (Lipinski definition) is 1.